The second-order valence-electron chi connectivity index (χ2n) is 5.33. The molecule has 124 valence electrons. The van der Waals surface area contributed by atoms with Gasteiger partial charge in [-0.1, -0.05) is 29.3 Å². The highest BCUT2D eigenvalue weighted by molar-refractivity contribution is 6.40. The first-order chi connectivity index (χ1) is 11.5. The van der Waals surface area contributed by atoms with Crippen molar-refractivity contribution in [1.82, 2.24) is 4.98 Å². The van der Waals surface area contributed by atoms with Crippen molar-refractivity contribution in [3.05, 3.63) is 52.1 Å². The predicted molar refractivity (Wildman–Crippen MR) is 90.3 cm³/mol. The normalized spacial score (nSPS) is 18.8. The number of halogens is 3. The first-order valence-corrected chi connectivity index (χ1v) is 7.87. The molecule has 0 aliphatic heterocycles. The second-order valence-corrected chi connectivity index (χ2v) is 6.14. The van der Waals surface area contributed by atoms with Gasteiger partial charge in [-0.3, -0.25) is 9.59 Å². The smallest absolute Gasteiger partial charge is 0.258 e. The summed E-state index contributed by atoms with van der Waals surface area (Å²) in [4.78, 5) is 28.0. The fourth-order valence-electron chi connectivity index (χ4n) is 2.14. The van der Waals surface area contributed by atoms with Crippen LogP contribution < -0.4 is 10.6 Å². The van der Waals surface area contributed by atoms with Crippen molar-refractivity contribution < 1.29 is 14.0 Å². The topological polar surface area (TPSA) is 71.1 Å². The van der Waals surface area contributed by atoms with Crippen LogP contribution in [0, 0.1) is 5.92 Å². The van der Waals surface area contributed by atoms with E-state index in [0.29, 0.717) is 5.69 Å². The van der Waals surface area contributed by atoms with Crippen molar-refractivity contribution >= 4 is 46.5 Å². The highest BCUT2D eigenvalue weighted by atomic mass is 35.5. The number of aromatic nitrogens is 1. The van der Waals surface area contributed by atoms with Gasteiger partial charge in [0.2, 0.25) is 5.91 Å². The van der Waals surface area contributed by atoms with Crippen LogP contribution in [0.4, 0.5) is 15.9 Å². The van der Waals surface area contributed by atoms with E-state index < -0.39 is 23.9 Å². The maximum atomic E-state index is 12.9. The number of nitrogens with zero attached hydrogens (tertiary/aromatic N) is 1. The van der Waals surface area contributed by atoms with Crippen LogP contribution in [0.3, 0.4) is 0 Å². The quantitative estimate of drug-likeness (QED) is 0.859. The van der Waals surface area contributed by atoms with E-state index in [-0.39, 0.29) is 27.8 Å². The molecule has 1 aromatic carbocycles. The van der Waals surface area contributed by atoms with Crippen molar-refractivity contribution in [3.8, 4) is 0 Å². The van der Waals surface area contributed by atoms with Crippen molar-refractivity contribution in [2.45, 2.75) is 12.6 Å². The molecule has 24 heavy (non-hydrogen) atoms. The predicted octanol–water partition coefficient (Wildman–Crippen LogP) is 3.94. The Bertz CT molecular complexity index is 795. The Kier molecular flexibility index (Phi) is 4.69. The van der Waals surface area contributed by atoms with Gasteiger partial charge in [-0.2, -0.15) is 0 Å². The monoisotopic (exact) mass is 367 g/mol. The van der Waals surface area contributed by atoms with Gasteiger partial charge in [0.15, 0.2) is 0 Å². The number of nitrogens with one attached hydrogen (secondary N) is 2. The maximum absolute atomic E-state index is 12.9. The zero-order chi connectivity index (χ0) is 17.3. The first kappa shape index (κ1) is 16.7. The molecule has 0 bridgehead atoms. The largest absolute Gasteiger partial charge is 0.322 e. The summed E-state index contributed by atoms with van der Waals surface area (Å²) in [5.74, 6) is -1.30. The summed E-state index contributed by atoms with van der Waals surface area (Å²) >= 11 is 12.0. The van der Waals surface area contributed by atoms with E-state index in [1.165, 1.54) is 12.3 Å². The SMILES string of the molecule is O=C(Nc1ccnc(NC(=O)[C@H]2C[C@@H]2F)c1)c1c(Cl)cccc1Cl. The standard InChI is InChI=1S/C16H12Cl2FN3O2/c17-10-2-1-3-11(18)14(10)16(24)21-8-4-5-20-13(6-8)22-15(23)9-7-12(9)19/h1-6,9,12H,7H2,(H2,20,21,22,23,24)/t9-,12-/m0/s1. The van der Waals surface area contributed by atoms with Crippen LogP contribution in [0.5, 0.6) is 0 Å². The number of hydrogen-bond acceptors (Lipinski definition) is 3. The van der Waals surface area contributed by atoms with Crippen LogP contribution >= 0.6 is 23.2 Å². The molecule has 3 rings (SSSR count). The van der Waals surface area contributed by atoms with Gasteiger partial charge in [0.05, 0.1) is 21.5 Å². The van der Waals surface area contributed by atoms with Crippen LogP contribution in [0.2, 0.25) is 10.0 Å². The molecular weight excluding hydrogens is 356 g/mol. The third kappa shape index (κ3) is 3.66. The van der Waals surface area contributed by atoms with E-state index in [0.717, 1.165) is 0 Å². The Hall–Kier alpha value is -2.18. The van der Waals surface area contributed by atoms with E-state index in [4.69, 9.17) is 23.2 Å². The highest BCUT2D eigenvalue weighted by Crippen LogP contribution is 2.34. The van der Waals surface area contributed by atoms with Crippen LogP contribution in [0.25, 0.3) is 0 Å². The number of hydrogen-bond donors (Lipinski definition) is 2. The molecule has 0 spiro atoms. The Balaban J connectivity index is 1.72. The van der Waals surface area contributed by atoms with Crippen LogP contribution in [-0.2, 0) is 4.79 Å². The van der Waals surface area contributed by atoms with Crippen molar-refractivity contribution in [1.29, 1.82) is 0 Å². The van der Waals surface area contributed by atoms with Gasteiger partial charge in [-0.15, -0.1) is 0 Å². The van der Waals surface area contributed by atoms with Gasteiger partial charge in [-0.05, 0) is 24.6 Å². The molecule has 1 heterocycles. The molecule has 2 atom stereocenters. The number of benzene rings is 1. The van der Waals surface area contributed by atoms with Gasteiger partial charge in [0.25, 0.3) is 5.91 Å². The first-order valence-electron chi connectivity index (χ1n) is 7.12. The number of rotatable bonds is 4. The van der Waals surface area contributed by atoms with Crippen molar-refractivity contribution in [2.75, 3.05) is 10.6 Å². The lowest BCUT2D eigenvalue weighted by Crippen LogP contribution is -2.17. The lowest BCUT2D eigenvalue weighted by atomic mass is 10.2. The summed E-state index contributed by atoms with van der Waals surface area (Å²) < 4.78 is 12.9. The molecule has 0 radical (unpaired) electrons. The van der Waals surface area contributed by atoms with E-state index in [2.05, 4.69) is 15.6 Å². The molecule has 1 fully saturated rings. The molecule has 2 aromatic rings. The van der Waals surface area contributed by atoms with Crippen molar-refractivity contribution in [3.63, 3.8) is 0 Å². The lowest BCUT2D eigenvalue weighted by Gasteiger charge is -2.10. The molecule has 2 N–H and O–H groups in total. The Morgan fingerprint density at radius 3 is 2.46 bits per heavy atom. The van der Waals surface area contributed by atoms with E-state index in [1.54, 1.807) is 24.3 Å². The highest BCUT2D eigenvalue weighted by Gasteiger charge is 2.43. The molecule has 1 aliphatic carbocycles. The van der Waals surface area contributed by atoms with E-state index >= 15 is 0 Å². The summed E-state index contributed by atoms with van der Waals surface area (Å²) in [6.07, 6.45) is 0.558. The summed E-state index contributed by atoms with van der Waals surface area (Å²) in [6.45, 7) is 0. The minimum atomic E-state index is -1.09. The Morgan fingerprint density at radius 1 is 1.17 bits per heavy atom. The molecule has 1 aromatic heterocycles. The molecule has 8 heteroatoms. The number of pyridine rings is 1. The van der Waals surface area contributed by atoms with Crippen LogP contribution in [0.1, 0.15) is 16.8 Å². The average molecular weight is 368 g/mol. The number of carbonyl (C=O) groups excluding carboxylic acids is 2. The minimum absolute atomic E-state index is 0.154. The number of amides is 2. The number of anilines is 2. The molecule has 1 saturated carbocycles. The molecule has 0 saturated heterocycles. The van der Waals surface area contributed by atoms with E-state index in [1.807, 2.05) is 0 Å². The van der Waals surface area contributed by atoms with Gasteiger partial charge in [-0.25, -0.2) is 9.37 Å². The van der Waals surface area contributed by atoms with Gasteiger partial charge in [0, 0.05) is 18.0 Å². The maximum Gasteiger partial charge on any atom is 0.258 e. The lowest BCUT2D eigenvalue weighted by molar-refractivity contribution is -0.117. The fourth-order valence-corrected chi connectivity index (χ4v) is 2.71. The summed E-state index contributed by atoms with van der Waals surface area (Å²) in [5.41, 5.74) is 0.551. The zero-order valence-electron chi connectivity index (χ0n) is 12.2. The third-order valence-electron chi connectivity index (χ3n) is 3.51. The zero-order valence-corrected chi connectivity index (χ0v) is 13.7. The summed E-state index contributed by atoms with van der Waals surface area (Å²) in [7, 11) is 0. The summed E-state index contributed by atoms with van der Waals surface area (Å²) in [6, 6.07) is 7.77. The fraction of sp³-hybridized carbons (Fsp3) is 0.188. The Labute approximate surface area is 147 Å². The Morgan fingerprint density at radius 2 is 1.83 bits per heavy atom. The number of carbonyl (C=O) groups is 2. The third-order valence-corrected chi connectivity index (χ3v) is 4.14. The summed E-state index contributed by atoms with van der Waals surface area (Å²) in [5, 5.41) is 5.61. The molecule has 1 aliphatic rings. The second kappa shape index (κ2) is 6.75. The molecule has 0 unspecified atom stereocenters. The van der Waals surface area contributed by atoms with Gasteiger partial charge < -0.3 is 10.6 Å². The average Bonchev–Trinajstić information content (AvgIpc) is 3.24. The van der Waals surface area contributed by atoms with Crippen molar-refractivity contribution in [2.24, 2.45) is 5.92 Å². The van der Waals surface area contributed by atoms with Gasteiger partial charge in [0.1, 0.15) is 12.0 Å². The number of alkyl halides is 1. The van der Waals surface area contributed by atoms with Crippen LogP contribution in [-0.4, -0.2) is 23.0 Å². The van der Waals surface area contributed by atoms with E-state index in [9.17, 15) is 14.0 Å². The molecular formula is C16H12Cl2FN3O2. The molecule has 5 nitrogen and oxygen atoms in total. The minimum Gasteiger partial charge on any atom is -0.322 e. The van der Waals surface area contributed by atoms with Gasteiger partial charge >= 0.3 is 0 Å². The van der Waals surface area contributed by atoms with Crippen LogP contribution in [0.15, 0.2) is 36.5 Å². The molecule has 2 amide bonds.